The monoisotopic (exact) mass is 475 g/mol. The van der Waals surface area contributed by atoms with Crippen molar-refractivity contribution in [3.63, 3.8) is 0 Å². The molecule has 33 heavy (non-hydrogen) atoms. The summed E-state index contributed by atoms with van der Waals surface area (Å²) in [5.74, 6) is 0. The summed E-state index contributed by atoms with van der Waals surface area (Å²) in [7, 11) is -4.22. The Morgan fingerprint density at radius 3 is 3.00 bits per heavy atom. The third-order valence-corrected chi connectivity index (χ3v) is 6.48. The molecule has 0 radical (unpaired) electrons. The third kappa shape index (κ3) is 5.09. The number of nitrogens with zero attached hydrogens (tertiary/aromatic N) is 4. The Morgan fingerprint density at radius 1 is 1.42 bits per heavy atom. The van der Waals surface area contributed by atoms with E-state index in [2.05, 4.69) is 25.1 Å². The topological polar surface area (TPSA) is 187 Å². The number of nitrogens with one attached hydrogen (secondary N) is 3. The molecule has 1 fully saturated rings. The van der Waals surface area contributed by atoms with Gasteiger partial charge >= 0.3 is 13.4 Å². The molecule has 1 aliphatic heterocycles. The average molecular weight is 475 g/mol. The van der Waals surface area contributed by atoms with Crippen molar-refractivity contribution >= 4 is 18.6 Å². The Labute approximate surface area is 186 Å². The minimum atomic E-state index is -4.22. The number of aryl methyl sites for hydroxylation is 1. The molecule has 2 aromatic heterocycles. The van der Waals surface area contributed by atoms with Crippen LogP contribution in [0.5, 0.6) is 0 Å². The van der Waals surface area contributed by atoms with E-state index in [4.69, 9.17) is 14.8 Å². The average Bonchev–Trinajstić information content (AvgIpc) is 3.38. The van der Waals surface area contributed by atoms with E-state index in [1.54, 1.807) is 6.20 Å². The molecule has 0 saturated carbocycles. The van der Waals surface area contributed by atoms with Crippen LogP contribution in [0.3, 0.4) is 0 Å². The molecule has 3 aromatic rings. The molecule has 1 aliphatic rings. The molecule has 13 nitrogen and oxygen atoms in total. The number of benzene rings is 1. The van der Waals surface area contributed by atoms with E-state index < -0.39 is 37.4 Å². The largest absolute Gasteiger partial charge is 0.403 e. The highest BCUT2D eigenvalue weighted by atomic mass is 31.2. The molecule has 0 aliphatic carbocycles. The molecule has 14 heteroatoms. The number of hydrogen-bond acceptors (Lipinski definition) is 6. The molecule has 4 N–H and O–H groups in total. The van der Waals surface area contributed by atoms with Gasteiger partial charge in [-0.05, 0) is 24.1 Å². The quantitative estimate of drug-likeness (QED) is 0.166. The van der Waals surface area contributed by atoms with Gasteiger partial charge in [-0.1, -0.05) is 23.3 Å². The van der Waals surface area contributed by atoms with Crippen LogP contribution in [0.25, 0.3) is 21.3 Å². The molecule has 1 saturated heterocycles. The minimum absolute atomic E-state index is 0.0811. The Morgan fingerprint density at radius 2 is 2.21 bits per heavy atom. The maximum Gasteiger partial charge on any atom is 0.403 e. The highest BCUT2D eigenvalue weighted by molar-refractivity contribution is 7.50. The number of rotatable bonds is 8. The first-order valence-electron chi connectivity index (χ1n) is 10.1. The molecular weight excluding hydrogens is 453 g/mol. The standard InChI is InChI=1S/C19H22N7O6P/c1-11-9-26(19(28)23-18(11)27)17-6-15(24-25-20)16(32-17)10-31-33(29,30)22-8-12-7-21-14-5-3-2-4-13(12)14/h2-5,7,9,15-17,21H,6,8,10H2,1H3,(H2,22,29,30)(H,23,27,28)/t15?,16-,17-/m1/s1. The summed E-state index contributed by atoms with van der Waals surface area (Å²) in [6.07, 6.45) is 1.50. The van der Waals surface area contributed by atoms with Gasteiger partial charge in [0.15, 0.2) is 0 Å². The fourth-order valence-corrected chi connectivity index (χ4v) is 4.52. The third-order valence-electron chi connectivity index (χ3n) is 5.42. The number of para-hydroxylation sites is 1. The number of azide groups is 1. The van der Waals surface area contributed by atoms with Gasteiger partial charge in [0.05, 0.1) is 18.8 Å². The first-order chi connectivity index (χ1) is 15.8. The first kappa shape index (κ1) is 23.0. The fourth-order valence-electron chi connectivity index (χ4n) is 3.71. The van der Waals surface area contributed by atoms with Gasteiger partial charge in [-0.15, -0.1) is 0 Å². The molecule has 3 heterocycles. The van der Waals surface area contributed by atoms with Gasteiger partial charge in [0.25, 0.3) is 5.56 Å². The van der Waals surface area contributed by atoms with E-state index >= 15 is 0 Å². The van der Waals surface area contributed by atoms with Crippen LogP contribution >= 0.6 is 7.75 Å². The van der Waals surface area contributed by atoms with Gasteiger partial charge in [0.2, 0.25) is 0 Å². The highest BCUT2D eigenvalue weighted by Gasteiger charge is 2.38. The molecule has 2 unspecified atom stereocenters. The molecule has 1 aromatic carbocycles. The van der Waals surface area contributed by atoms with E-state index in [0.717, 1.165) is 16.5 Å². The second-order valence-electron chi connectivity index (χ2n) is 7.63. The molecule has 4 rings (SSSR count). The van der Waals surface area contributed by atoms with E-state index in [1.807, 2.05) is 24.3 Å². The fraction of sp³-hybridized carbons (Fsp3) is 0.368. The number of aromatic amines is 2. The molecule has 4 atom stereocenters. The summed E-state index contributed by atoms with van der Waals surface area (Å²) in [5, 5.41) is 7.08. The maximum atomic E-state index is 12.5. The molecule has 0 spiro atoms. The van der Waals surface area contributed by atoms with Crippen molar-refractivity contribution < 1.29 is 18.7 Å². The normalized spacial score (nSPS) is 22.2. The first-order valence-corrected chi connectivity index (χ1v) is 11.6. The SMILES string of the molecule is Cc1cn([C@H]2CC(N=[N+]=[N-])[C@@H](COP(=O)(O)NCc3c[nH]c4ccccc34)O2)c(=O)[nH]c1=O. The van der Waals surface area contributed by atoms with Crippen molar-refractivity contribution in [3.8, 4) is 0 Å². The zero-order valence-corrected chi connectivity index (χ0v) is 18.4. The van der Waals surface area contributed by atoms with E-state index in [1.165, 1.54) is 17.7 Å². The van der Waals surface area contributed by atoms with Gasteiger partial charge in [0, 0.05) is 46.7 Å². The summed E-state index contributed by atoms with van der Waals surface area (Å²) < 4.78 is 24.7. The molecular formula is C19H22N7O6P. The number of hydrogen-bond donors (Lipinski definition) is 4. The Bertz CT molecular complexity index is 1370. The Kier molecular flexibility index (Phi) is 6.52. The Hall–Kier alpha value is -3.18. The zero-order valence-electron chi connectivity index (χ0n) is 17.5. The van der Waals surface area contributed by atoms with E-state index in [-0.39, 0.29) is 19.6 Å². The number of aromatic nitrogens is 3. The number of H-pyrrole nitrogens is 2. The second-order valence-corrected chi connectivity index (χ2v) is 9.24. The molecule has 0 amide bonds. The lowest BCUT2D eigenvalue weighted by Gasteiger charge is -2.19. The molecule has 0 bridgehead atoms. The summed E-state index contributed by atoms with van der Waals surface area (Å²) in [4.78, 5) is 42.0. The summed E-state index contributed by atoms with van der Waals surface area (Å²) in [6, 6.07) is 6.80. The highest BCUT2D eigenvalue weighted by Crippen LogP contribution is 2.40. The number of ether oxygens (including phenoxy) is 1. The van der Waals surface area contributed by atoms with Crippen molar-refractivity contribution in [1.29, 1.82) is 0 Å². The molecule has 174 valence electrons. The van der Waals surface area contributed by atoms with Gasteiger partial charge in [-0.3, -0.25) is 18.9 Å². The van der Waals surface area contributed by atoms with Crippen LogP contribution in [0.2, 0.25) is 0 Å². The minimum Gasteiger partial charge on any atom is -0.361 e. The van der Waals surface area contributed by atoms with Crippen molar-refractivity contribution in [3.05, 3.63) is 79.1 Å². The van der Waals surface area contributed by atoms with Crippen LogP contribution in [0.4, 0.5) is 0 Å². The van der Waals surface area contributed by atoms with Crippen molar-refractivity contribution in [2.24, 2.45) is 5.11 Å². The van der Waals surface area contributed by atoms with Crippen molar-refractivity contribution in [2.75, 3.05) is 6.61 Å². The lowest BCUT2D eigenvalue weighted by Crippen LogP contribution is -2.33. The van der Waals surface area contributed by atoms with Crippen LogP contribution in [-0.2, 0) is 20.4 Å². The Balaban J connectivity index is 1.42. The summed E-state index contributed by atoms with van der Waals surface area (Å²) in [6.45, 7) is 1.26. The van der Waals surface area contributed by atoms with E-state index in [9.17, 15) is 19.0 Å². The van der Waals surface area contributed by atoms with E-state index in [0.29, 0.717) is 5.56 Å². The maximum absolute atomic E-state index is 12.5. The number of fused-ring (bicyclic) bond motifs is 1. The van der Waals surface area contributed by atoms with Gasteiger partial charge in [-0.2, -0.15) is 0 Å². The van der Waals surface area contributed by atoms with Crippen LogP contribution in [-0.4, -0.2) is 38.2 Å². The second kappa shape index (κ2) is 9.36. The van der Waals surface area contributed by atoms with Gasteiger partial charge in [0.1, 0.15) is 6.23 Å². The summed E-state index contributed by atoms with van der Waals surface area (Å²) in [5.41, 5.74) is 9.68. The van der Waals surface area contributed by atoms with Crippen molar-refractivity contribution in [1.82, 2.24) is 19.6 Å². The van der Waals surface area contributed by atoms with Crippen LogP contribution in [0.1, 0.15) is 23.8 Å². The van der Waals surface area contributed by atoms with Crippen LogP contribution < -0.4 is 16.3 Å². The lowest BCUT2D eigenvalue weighted by molar-refractivity contribution is -0.0243. The summed E-state index contributed by atoms with van der Waals surface area (Å²) >= 11 is 0. The predicted octanol–water partition coefficient (Wildman–Crippen LogP) is 2.20. The lowest BCUT2D eigenvalue weighted by atomic mass is 10.1. The van der Waals surface area contributed by atoms with Gasteiger partial charge in [-0.25, -0.2) is 14.4 Å². The van der Waals surface area contributed by atoms with Crippen LogP contribution in [0.15, 0.2) is 51.4 Å². The van der Waals surface area contributed by atoms with Gasteiger partial charge < -0.3 is 14.6 Å². The van der Waals surface area contributed by atoms with Crippen LogP contribution in [0, 0.1) is 6.92 Å². The van der Waals surface area contributed by atoms with Crippen molar-refractivity contribution in [2.45, 2.75) is 38.3 Å². The smallest absolute Gasteiger partial charge is 0.361 e. The zero-order chi connectivity index (χ0) is 23.6. The predicted molar refractivity (Wildman–Crippen MR) is 118 cm³/mol.